The number of nitrogens with one attached hydrogen (secondary N) is 4. The van der Waals surface area contributed by atoms with Crippen molar-refractivity contribution in [2.75, 3.05) is 0 Å². The summed E-state index contributed by atoms with van der Waals surface area (Å²) in [5.74, 6) is -1.39. The molecule has 0 fully saturated rings. The monoisotopic (exact) mass is 476 g/mol. The van der Waals surface area contributed by atoms with Crippen LogP contribution in [0.5, 0.6) is 0 Å². The van der Waals surface area contributed by atoms with E-state index in [0.29, 0.717) is 11.3 Å². The van der Waals surface area contributed by atoms with Crippen LogP contribution in [0.15, 0.2) is 103 Å². The van der Waals surface area contributed by atoms with Gasteiger partial charge in [-0.05, 0) is 40.6 Å². The molecule has 5 rings (SSSR count). The molecule has 0 aliphatic carbocycles. The summed E-state index contributed by atoms with van der Waals surface area (Å²) >= 11 is 0. The quantitative estimate of drug-likeness (QED) is 0.277. The summed E-state index contributed by atoms with van der Waals surface area (Å²) in [6.45, 7) is 0. The third kappa shape index (κ3) is 5.10. The average molecular weight is 477 g/mol. The second-order valence-electron chi connectivity index (χ2n) is 8.49. The van der Waals surface area contributed by atoms with Gasteiger partial charge in [-0.3, -0.25) is 25.2 Å². The molecule has 0 saturated heterocycles. The first kappa shape index (κ1) is 22.9. The van der Waals surface area contributed by atoms with E-state index < -0.39 is 17.9 Å². The van der Waals surface area contributed by atoms with E-state index in [0.717, 1.165) is 27.2 Å². The van der Waals surface area contributed by atoms with Crippen LogP contribution in [0.25, 0.3) is 21.7 Å². The molecule has 0 bridgehead atoms. The third-order valence-corrected chi connectivity index (χ3v) is 5.99. The van der Waals surface area contributed by atoms with Gasteiger partial charge in [0, 0.05) is 22.9 Å². The van der Waals surface area contributed by atoms with Gasteiger partial charge in [-0.2, -0.15) is 0 Å². The second kappa shape index (κ2) is 10.1. The second-order valence-corrected chi connectivity index (χ2v) is 8.49. The van der Waals surface area contributed by atoms with Crippen molar-refractivity contribution in [3.63, 3.8) is 0 Å². The number of aromatic amines is 1. The lowest BCUT2D eigenvalue weighted by molar-refractivity contribution is -0.123. The van der Waals surface area contributed by atoms with Gasteiger partial charge in [0.15, 0.2) is 0 Å². The number of aromatic nitrogens is 1. The summed E-state index contributed by atoms with van der Waals surface area (Å²) in [5.41, 5.74) is 7.35. The van der Waals surface area contributed by atoms with Crippen LogP contribution in [0.1, 0.15) is 26.4 Å². The van der Waals surface area contributed by atoms with Gasteiger partial charge >= 0.3 is 0 Å². The lowest BCUT2D eigenvalue weighted by Crippen LogP contribution is -2.53. The van der Waals surface area contributed by atoms with E-state index in [1.807, 2.05) is 84.9 Å². The fourth-order valence-electron chi connectivity index (χ4n) is 4.10. The topological polar surface area (TPSA) is 103 Å². The highest BCUT2D eigenvalue weighted by atomic mass is 16.2. The highest BCUT2D eigenvalue weighted by Crippen LogP contribution is 2.16. The van der Waals surface area contributed by atoms with Gasteiger partial charge in [0.25, 0.3) is 17.7 Å². The molecule has 1 atom stereocenters. The largest absolute Gasteiger partial charge is 0.350 e. The number of hydrogen-bond acceptors (Lipinski definition) is 3. The maximum Gasteiger partial charge on any atom is 0.286 e. The minimum absolute atomic E-state index is 0.258. The predicted octanol–water partition coefficient (Wildman–Crippen LogP) is 4.12. The maximum absolute atomic E-state index is 13.1. The molecule has 0 spiro atoms. The van der Waals surface area contributed by atoms with Gasteiger partial charge < -0.3 is 10.3 Å². The normalized spacial score (nSPS) is 11.7. The number of fused-ring (bicyclic) bond motifs is 2. The molecule has 178 valence electrons. The molecule has 0 radical (unpaired) electrons. The Morgan fingerprint density at radius 3 is 2.14 bits per heavy atom. The third-order valence-electron chi connectivity index (χ3n) is 5.99. The Morgan fingerprint density at radius 1 is 0.667 bits per heavy atom. The highest BCUT2D eigenvalue weighted by molar-refractivity contribution is 6.02. The van der Waals surface area contributed by atoms with Crippen LogP contribution in [-0.4, -0.2) is 28.7 Å². The van der Waals surface area contributed by atoms with Crippen LogP contribution in [0.4, 0.5) is 0 Å². The summed E-state index contributed by atoms with van der Waals surface area (Å²) in [4.78, 5) is 41.8. The van der Waals surface area contributed by atoms with Crippen LogP contribution >= 0.6 is 0 Å². The minimum atomic E-state index is -0.908. The lowest BCUT2D eigenvalue weighted by Gasteiger charge is -2.19. The van der Waals surface area contributed by atoms with Gasteiger partial charge in [-0.15, -0.1) is 0 Å². The lowest BCUT2D eigenvalue weighted by atomic mass is 10.0. The summed E-state index contributed by atoms with van der Waals surface area (Å²) in [6.07, 6.45) is 0.258. The number of carbonyl (C=O) groups excluding carboxylic acids is 3. The standard InChI is InChI=1S/C29H24N4O3/c34-27(23-15-14-20-10-4-5-11-21(20)17-23)31-25(16-19-8-2-1-3-9-19)28(35)32-33-29(36)26-18-22-12-6-7-13-24(22)30-26/h1-15,17-18,25,30H,16H2,(H,31,34)(H,32,35)(H,33,36). The van der Waals surface area contributed by atoms with Crippen molar-refractivity contribution in [1.82, 2.24) is 21.2 Å². The molecule has 36 heavy (non-hydrogen) atoms. The van der Waals surface area contributed by atoms with Crippen molar-refractivity contribution in [2.45, 2.75) is 12.5 Å². The van der Waals surface area contributed by atoms with Gasteiger partial charge in [0.2, 0.25) is 0 Å². The molecular weight excluding hydrogens is 452 g/mol. The van der Waals surface area contributed by atoms with Crippen molar-refractivity contribution in [1.29, 1.82) is 0 Å². The Labute approximate surface area is 207 Å². The van der Waals surface area contributed by atoms with Crippen molar-refractivity contribution >= 4 is 39.4 Å². The fourth-order valence-corrected chi connectivity index (χ4v) is 4.10. The smallest absolute Gasteiger partial charge is 0.286 e. The van der Waals surface area contributed by atoms with Crippen LogP contribution in [-0.2, 0) is 11.2 Å². The molecule has 7 heteroatoms. The molecular formula is C29H24N4O3. The van der Waals surface area contributed by atoms with Crippen LogP contribution in [0, 0.1) is 0 Å². The van der Waals surface area contributed by atoms with Gasteiger partial charge in [-0.25, -0.2) is 0 Å². The zero-order valence-electron chi connectivity index (χ0n) is 19.3. The van der Waals surface area contributed by atoms with E-state index in [1.165, 1.54) is 0 Å². The molecule has 5 aromatic rings. The van der Waals surface area contributed by atoms with E-state index in [2.05, 4.69) is 21.2 Å². The Bertz CT molecular complexity index is 1530. The molecule has 0 saturated carbocycles. The van der Waals surface area contributed by atoms with Crippen molar-refractivity contribution in [2.24, 2.45) is 0 Å². The molecule has 4 aromatic carbocycles. The minimum Gasteiger partial charge on any atom is -0.350 e. The number of benzene rings is 4. The summed E-state index contributed by atoms with van der Waals surface area (Å²) in [7, 11) is 0. The number of para-hydroxylation sites is 1. The Kier molecular flexibility index (Phi) is 6.44. The number of H-pyrrole nitrogens is 1. The van der Waals surface area contributed by atoms with E-state index in [1.54, 1.807) is 18.2 Å². The SMILES string of the molecule is O=C(NC(Cc1ccccc1)C(=O)NNC(=O)c1cc2ccccc2[nH]1)c1ccc2ccccc2c1. The van der Waals surface area contributed by atoms with E-state index in [4.69, 9.17) is 0 Å². The van der Waals surface area contributed by atoms with Crippen molar-refractivity contribution in [3.8, 4) is 0 Å². The zero-order chi connectivity index (χ0) is 24.9. The molecule has 1 aromatic heterocycles. The predicted molar refractivity (Wildman–Crippen MR) is 139 cm³/mol. The Hall–Kier alpha value is -4.91. The van der Waals surface area contributed by atoms with Crippen LogP contribution in [0.2, 0.25) is 0 Å². The van der Waals surface area contributed by atoms with Crippen molar-refractivity contribution in [3.05, 3.63) is 120 Å². The number of amides is 3. The van der Waals surface area contributed by atoms with Gasteiger partial charge in [0.05, 0.1) is 0 Å². The van der Waals surface area contributed by atoms with Crippen LogP contribution in [0.3, 0.4) is 0 Å². The first-order valence-electron chi connectivity index (χ1n) is 11.6. The molecule has 4 N–H and O–H groups in total. The number of hydrazine groups is 1. The fraction of sp³-hybridized carbons (Fsp3) is 0.0690. The van der Waals surface area contributed by atoms with E-state index in [9.17, 15) is 14.4 Å². The maximum atomic E-state index is 13.1. The first-order valence-corrected chi connectivity index (χ1v) is 11.6. The molecule has 0 aliphatic heterocycles. The average Bonchev–Trinajstić information content (AvgIpc) is 3.36. The zero-order valence-corrected chi connectivity index (χ0v) is 19.3. The molecule has 7 nitrogen and oxygen atoms in total. The molecule has 1 unspecified atom stereocenters. The molecule has 3 amide bonds. The Balaban J connectivity index is 1.30. The van der Waals surface area contributed by atoms with Gasteiger partial charge in [-0.1, -0.05) is 78.9 Å². The van der Waals surface area contributed by atoms with Crippen LogP contribution < -0.4 is 16.2 Å². The number of rotatable bonds is 6. The number of hydrogen-bond donors (Lipinski definition) is 4. The summed E-state index contributed by atoms with van der Waals surface area (Å²) in [6, 6.07) is 30.8. The molecule has 0 aliphatic rings. The summed E-state index contributed by atoms with van der Waals surface area (Å²) < 4.78 is 0. The van der Waals surface area contributed by atoms with Gasteiger partial charge in [0.1, 0.15) is 11.7 Å². The summed E-state index contributed by atoms with van der Waals surface area (Å²) in [5, 5.41) is 5.66. The van der Waals surface area contributed by atoms with Crippen molar-refractivity contribution < 1.29 is 14.4 Å². The van der Waals surface area contributed by atoms with E-state index in [-0.39, 0.29) is 12.3 Å². The number of carbonyl (C=O) groups is 3. The Morgan fingerprint density at radius 2 is 1.36 bits per heavy atom. The highest BCUT2D eigenvalue weighted by Gasteiger charge is 2.23. The van der Waals surface area contributed by atoms with E-state index >= 15 is 0 Å². The molecule has 1 heterocycles. The first-order chi connectivity index (χ1) is 17.6.